The maximum atomic E-state index is 10.3. The molecule has 6 aromatic carbocycles. The third-order valence-electron chi connectivity index (χ3n) is 13.6. The number of benzene rings is 6. The Morgan fingerprint density at radius 2 is 1.34 bits per heavy atom. The van der Waals surface area contributed by atoms with Crippen molar-refractivity contribution >= 4 is 11.0 Å². The zero-order chi connectivity index (χ0) is 52.7. The van der Waals surface area contributed by atoms with E-state index < -0.39 is 29.1 Å². The number of hydrogen-bond acceptors (Lipinski definition) is 1. The van der Waals surface area contributed by atoms with Crippen molar-refractivity contribution in [3.05, 3.63) is 166 Å². The molecule has 0 radical (unpaired) electrons. The highest BCUT2D eigenvalue weighted by Gasteiger charge is 2.69. The molecule has 0 amide bonds. The van der Waals surface area contributed by atoms with Crippen LogP contribution in [-0.4, -0.2) is 4.57 Å². The average molecular weight is 849 g/mol. The Hall–Kier alpha value is -6.26. The largest absolute Gasteiger partial charge is 0.499 e. The lowest BCUT2D eigenvalue weighted by Gasteiger charge is -2.34. The van der Waals surface area contributed by atoms with Gasteiger partial charge in [-0.2, -0.15) is 4.57 Å². The Bertz CT molecular complexity index is 3700. The van der Waals surface area contributed by atoms with Crippen molar-refractivity contribution in [3.63, 3.8) is 0 Å². The van der Waals surface area contributed by atoms with Crippen LogP contribution in [0.1, 0.15) is 151 Å². The highest BCUT2D eigenvalue weighted by molar-refractivity contribution is 5.98. The highest BCUT2D eigenvalue weighted by atomic mass is 16.5. The number of nitrogens with zero attached hydrogens (tertiary/aromatic N) is 3. The molecule has 0 fully saturated rings. The minimum absolute atomic E-state index is 0.0153. The summed E-state index contributed by atoms with van der Waals surface area (Å²) in [5.41, 5.74) is 12.7. The van der Waals surface area contributed by atoms with E-state index in [2.05, 4.69) is 124 Å². The minimum atomic E-state index is -1.71. The molecule has 4 heteroatoms. The van der Waals surface area contributed by atoms with Crippen LogP contribution in [0.25, 0.3) is 72.7 Å². The third-order valence-corrected chi connectivity index (χ3v) is 13.6. The van der Waals surface area contributed by atoms with E-state index >= 15 is 0 Å². The summed E-state index contributed by atoms with van der Waals surface area (Å²) in [5, 5.41) is 0. The summed E-state index contributed by atoms with van der Waals surface area (Å²) in [7, 11) is 0. The van der Waals surface area contributed by atoms with Crippen molar-refractivity contribution in [1.29, 1.82) is 0 Å². The first-order chi connectivity index (χ1) is 34.1. The van der Waals surface area contributed by atoms with Crippen LogP contribution in [0.15, 0.2) is 127 Å². The summed E-state index contributed by atoms with van der Waals surface area (Å²) in [4.78, 5) is 0. The van der Waals surface area contributed by atoms with Gasteiger partial charge in [-0.25, -0.2) is 0 Å². The van der Waals surface area contributed by atoms with E-state index in [4.69, 9.17) is 10.2 Å². The maximum absolute atomic E-state index is 10.3. The molecule has 8 aromatic rings. The Kier molecular flexibility index (Phi) is 6.96. The Balaban J connectivity index is 1.32. The molecular formula is C60H61N3O+2. The summed E-state index contributed by atoms with van der Waals surface area (Å²) in [6, 6.07) is 27.5. The molecule has 0 N–H and O–H groups in total. The molecular weight excluding hydrogens is 779 g/mol. The second-order valence-corrected chi connectivity index (χ2v) is 20.1. The fourth-order valence-corrected chi connectivity index (χ4v) is 10.3. The van der Waals surface area contributed by atoms with E-state index in [9.17, 15) is 6.85 Å². The van der Waals surface area contributed by atoms with Gasteiger partial charge in [-0.1, -0.05) is 148 Å². The average Bonchev–Trinajstić information content (AvgIpc) is 3.84. The summed E-state index contributed by atoms with van der Waals surface area (Å²) >= 11 is 0. The fraction of sp³-hybridized carbons (Fsp3) is 0.300. The number of imidazole rings is 1. The predicted octanol–water partition coefficient (Wildman–Crippen LogP) is 14.9. The second-order valence-electron chi connectivity index (χ2n) is 20.1. The molecule has 3 aliphatic heterocycles. The molecule has 5 heterocycles. The summed E-state index contributed by atoms with van der Waals surface area (Å²) in [5.74, 6) is -2.06. The quantitative estimate of drug-likeness (QED) is 0.146. The molecule has 0 aliphatic carbocycles. The molecule has 1 atom stereocenters. The number of rotatable bonds is 7. The zero-order valence-electron chi connectivity index (χ0n) is 48.0. The summed E-state index contributed by atoms with van der Waals surface area (Å²) in [6.45, 7) is 24.1. The Morgan fingerprint density at radius 1 is 0.672 bits per heavy atom. The van der Waals surface area contributed by atoms with Crippen molar-refractivity contribution in [2.75, 3.05) is 0 Å². The van der Waals surface area contributed by atoms with E-state index in [0.29, 0.717) is 16.9 Å². The zero-order valence-corrected chi connectivity index (χ0v) is 39.0. The van der Waals surface area contributed by atoms with E-state index in [-0.39, 0.29) is 70.6 Å². The lowest BCUT2D eigenvalue weighted by molar-refractivity contribution is -0.997. The van der Waals surface area contributed by atoms with Crippen LogP contribution in [0.2, 0.25) is 0 Å². The SMILES string of the molecule is [2H]c1c([2H])c(-c2c([2H])c([2H])[n+]3c(c2[2H])-c2cc(C(C)(C)C)cc4c2C32Oc3c(cc(C(C)C)cc3C(C)C)-c3n(-c5ccc(-c6c(C([2H])(C)C)cccc6C([2H])(C)C)cc5)c5cccc-4c5[n+]32)c([2H])c([2H])c1C. The minimum Gasteiger partial charge on any atom is -0.392 e. The summed E-state index contributed by atoms with van der Waals surface area (Å²) in [6.07, 6.45) is -0.307. The van der Waals surface area contributed by atoms with Crippen molar-refractivity contribution in [1.82, 2.24) is 4.57 Å². The molecule has 320 valence electrons. The van der Waals surface area contributed by atoms with Gasteiger partial charge in [0.25, 0.3) is 0 Å². The summed E-state index contributed by atoms with van der Waals surface area (Å²) < 4.78 is 98.9. The first-order valence-electron chi connectivity index (χ1n) is 27.2. The van der Waals surface area contributed by atoms with Gasteiger partial charge >= 0.3 is 11.7 Å². The normalized spacial score (nSPS) is 17.9. The molecule has 0 bridgehead atoms. The van der Waals surface area contributed by atoms with Crippen LogP contribution < -0.4 is 13.9 Å². The number of hydrogen-bond donors (Lipinski definition) is 0. The van der Waals surface area contributed by atoms with Crippen LogP contribution in [-0.2, 0) is 11.3 Å². The van der Waals surface area contributed by atoms with E-state index in [1.54, 1.807) is 4.57 Å². The standard InChI is InChI=1S/C60H61N3O/c1-34(2)42-29-48(37(7)8)57-51(30-42)58-62(44-25-23-40(24-26-44)54-45(35(3)4)15-13-16-46(54)36(5)6)52-18-14-17-47-49-32-43(59(10,11)12)33-50-53-31-41(39-21-19-38(9)20-22-39)27-28-61(53)60(64-57,55(49)50)63(58)56(47)52/h13-37H,1-12H3/q+2/i19D,20D,21D,22D,27D,28D,31D,35D,36D. The first kappa shape index (κ1) is 31.6. The van der Waals surface area contributed by atoms with Gasteiger partial charge in [-0.05, 0) is 128 Å². The predicted molar refractivity (Wildman–Crippen MR) is 264 cm³/mol. The van der Waals surface area contributed by atoms with E-state index in [1.807, 2.05) is 45.9 Å². The molecule has 1 unspecified atom stereocenters. The van der Waals surface area contributed by atoms with E-state index in [1.165, 1.54) is 6.92 Å². The number of pyridine rings is 1. The second kappa shape index (κ2) is 14.1. The van der Waals surface area contributed by atoms with Crippen molar-refractivity contribution < 1.29 is 26.2 Å². The van der Waals surface area contributed by atoms with Crippen LogP contribution in [0.4, 0.5) is 0 Å². The van der Waals surface area contributed by atoms with Crippen LogP contribution in [0.5, 0.6) is 5.75 Å². The van der Waals surface area contributed by atoms with Gasteiger partial charge < -0.3 is 4.74 Å². The van der Waals surface area contributed by atoms with Gasteiger partial charge in [0.15, 0.2) is 23.0 Å². The number of aromatic nitrogens is 3. The van der Waals surface area contributed by atoms with Crippen LogP contribution in [0.3, 0.4) is 0 Å². The smallest absolute Gasteiger partial charge is 0.392 e. The van der Waals surface area contributed by atoms with E-state index in [0.717, 1.165) is 78.2 Å². The van der Waals surface area contributed by atoms with Gasteiger partial charge in [0.1, 0.15) is 18.2 Å². The molecule has 3 aliphatic rings. The van der Waals surface area contributed by atoms with Gasteiger partial charge in [-0.15, -0.1) is 9.13 Å². The van der Waals surface area contributed by atoms with Crippen LogP contribution >= 0.6 is 0 Å². The fourth-order valence-electron chi connectivity index (χ4n) is 10.3. The number of para-hydroxylation sites is 1. The number of fused-ring (bicyclic) bond motifs is 5. The number of ether oxygens (including phenoxy) is 1. The molecule has 0 saturated carbocycles. The van der Waals surface area contributed by atoms with Gasteiger partial charge in [0.05, 0.1) is 13.8 Å². The van der Waals surface area contributed by atoms with Crippen molar-refractivity contribution in [2.45, 2.75) is 118 Å². The molecule has 11 rings (SSSR count). The lowest BCUT2D eigenvalue weighted by Crippen LogP contribution is -2.78. The molecule has 1 spiro atoms. The third kappa shape index (κ3) is 5.66. The van der Waals surface area contributed by atoms with Crippen molar-refractivity contribution in [2.24, 2.45) is 0 Å². The van der Waals surface area contributed by atoms with Gasteiger partial charge in [-0.3, -0.25) is 0 Å². The Labute approximate surface area is 392 Å². The highest BCUT2D eigenvalue weighted by Crippen LogP contribution is 2.56. The molecule has 0 saturated heterocycles. The van der Waals surface area contributed by atoms with Crippen molar-refractivity contribution in [3.8, 4) is 67.5 Å². The van der Waals surface area contributed by atoms with Gasteiger partial charge in [0.2, 0.25) is 5.69 Å². The lowest BCUT2D eigenvalue weighted by atomic mass is 9.80. The molecule has 2 aromatic heterocycles. The first-order valence-corrected chi connectivity index (χ1v) is 22.7. The molecule has 4 nitrogen and oxygen atoms in total. The van der Waals surface area contributed by atoms with Gasteiger partial charge in [0, 0.05) is 26.0 Å². The Morgan fingerprint density at radius 3 is 1.98 bits per heavy atom. The van der Waals surface area contributed by atoms with Crippen LogP contribution in [0, 0.1) is 6.92 Å². The molecule has 64 heavy (non-hydrogen) atoms. The monoisotopic (exact) mass is 849 g/mol. The topological polar surface area (TPSA) is 21.9 Å². The maximum Gasteiger partial charge on any atom is 0.499 e.